The quantitative estimate of drug-likeness (QED) is 0.146. The number of nitrogens with zero attached hydrogens (tertiary/aromatic N) is 5. The van der Waals surface area contributed by atoms with E-state index in [1.807, 2.05) is 0 Å². The molecule has 3 rings (SSSR count). The van der Waals surface area contributed by atoms with Crippen LogP contribution in [0.5, 0.6) is 0 Å². The Labute approximate surface area is 189 Å². The summed E-state index contributed by atoms with van der Waals surface area (Å²) in [5, 5.41) is 23.0. The average Bonchev–Trinajstić information content (AvgIpc) is 3.16. The molecule has 170 valence electrons. The fraction of sp³-hybridized carbons (Fsp3) is 0.400. The van der Waals surface area contributed by atoms with Gasteiger partial charge in [0.2, 0.25) is 0 Å². The van der Waals surface area contributed by atoms with Gasteiger partial charge in [0.1, 0.15) is 5.82 Å². The van der Waals surface area contributed by atoms with Gasteiger partial charge in [-0.25, -0.2) is 14.6 Å². The van der Waals surface area contributed by atoms with Crippen LogP contribution in [0.2, 0.25) is 0 Å². The first-order valence-corrected chi connectivity index (χ1v) is 10.9. The number of hydrogen-bond acceptors (Lipinski definition) is 9. The van der Waals surface area contributed by atoms with Gasteiger partial charge in [0.25, 0.3) is 11.6 Å². The molecule has 2 N–H and O–H groups in total. The molecule has 0 unspecified atom stereocenters. The monoisotopic (exact) mass is 459 g/mol. The van der Waals surface area contributed by atoms with E-state index in [0.29, 0.717) is 53.7 Å². The average molecular weight is 460 g/mol. The molecule has 3 aromatic rings. The van der Waals surface area contributed by atoms with Crippen molar-refractivity contribution in [2.75, 3.05) is 32.1 Å². The molecule has 2 heterocycles. The first kappa shape index (κ1) is 23.4. The minimum atomic E-state index is -0.503. The molecule has 0 aliphatic carbocycles. The molecule has 0 radical (unpaired) electrons. The van der Waals surface area contributed by atoms with Crippen molar-refractivity contribution in [3.05, 3.63) is 46.1 Å². The number of amides is 1. The van der Waals surface area contributed by atoms with Crippen LogP contribution in [0.4, 0.5) is 11.5 Å². The Bertz CT molecular complexity index is 1090. The molecule has 0 spiro atoms. The van der Waals surface area contributed by atoms with Crippen molar-refractivity contribution < 1.29 is 14.5 Å². The lowest BCUT2D eigenvalue weighted by Gasteiger charge is -2.11. The standard InChI is InChI=1S/C20H25N7O4S/c1-13(2)32-20-24-17(21-9-11-31-3)16-12-23-26(18(16)25-20)10-8-22-19(28)14-4-6-15(7-5-14)27(29)30/h4-7,12-13H,8-11H2,1-3H3,(H,22,28)(H,21,24,25). The van der Waals surface area contributed by atoms with Gasteiger partial charge in [0.15, 0.2) is 10.8 Å². The number of hydrogen-bond donors (Lipinski definition) is 2. The van der Waals surface area contributed by atoms with Crippen LogP contribution in [0.25, 0.3) is 11.0 Å². The smallest absolute Gasteiger partial charge is 0.269 e. The van der Waals surface area contributed by atoms with Gasteiger partial charge in [0, 0.05) is 43.1 Å². The van der Waals surface area contributed by atoms with Crippen molar-refractivity contribution in [3.63, 3.8) is 0 Å². The SMILES string of the molecule is COCCNc1nc(SC(C)C)nc2c1cnn2CCNC(=O)c1ccc([N+](=O)[O-])cc1. The lowest BCUT2D eigenvalue weighted by Crippen LogP contribution is -2.27. The predicted octanol–water partition coefficient (Wildman–Crippen LogP) is 2.72. The third-order valence-corrected chi connectivity index (χ3v) is 5.23. The lowest BCUT2D eigenvalue weighted by molar-refractivity contribution is -0.384. The molecular weight excluding hydrogens is 434 g/mol. The summed E-state index contributed by atoms with van der Waals surface area (Å²) in [4.78, 5) is 31.8. The molecule has 12 heteroatoms. The maximum atomic E-state index is 12.3. The second kappa shape index (κ2) is 10.9. The molecule has 1 aromatic carbocycles. The summed E-state index contributed by atoms with van der Waals surface area (Å²) < 4.78 is 6.82. The van der Waals surface area contributed by atoms with Crippen molar-refractivity contribution in [1.29, 1.82) is 0 Å². The zero-order valence-electron chi connectivity index (χ0n) is 18.1. The lowest BCUT2D eigenvalue weighted by atomic mass is 10.2. The summed E-state index contributed by atoms with van der Waals surface area (Å²) in [6, 6.07) is 5.46. The Morgan fingerprint density at radius 1 is 1.25 bits per heavy atom. The number of methoxy groups -OCH3 is 1. The van der Waals surface area contributed by atoms with Crippen molar-refractivity contribution in [2.24, 2.45) is 0 Å². The molecular formula is C20H25N7O4S. The summed E-state index contributed by atoms with van der Waals surface area (Å²) in [5.41, 5.74) is 0.963. The van der Waals surface area contributed by atoms with Gasteiger partial charge < -0.3 is 15.4 Å². The number of ether oxygens (including phenoxy) is 1. The van der Waals surface area contributed by atoms with E-state index in [2.05, 4.69) is 39.5 Å². The maximum Gasteiger partial charge on any atom is 0.269 e. The van der Waals surface area contributed by atoms with Crippen LogP contribution < -0.4 is 10.6 Å². The largest absolute Gasteiger partial charge is 0.383 e. The van der Waals surface area contributed by atoms with Gasteiger partial charge in [-0.05, 0) is 12.1 Å². The van der Waals surface area contributed by atoms with Crippen molar-refractivity contribution in [2.45, 2.75) is 30.8 Å². The number of nitro groups is 1. The number of aromatic nitrogens is 4. The molecule has 0 saturated heterocycles. The fourth-order valence-electron chi connectivity index (χ4n) is 2.88. The highest BCUT2D eigenvalue weighted by atomic mass is 32.2. The van der Waals surface area contributed by atoms with Crippen molar-refractivity contribution in [1.82, 2.24) is 25.1 Å². The minimum absolute atomic E-state index is 0.0609. The van der Waals surface area contributed by atoms with Gasteiger partial charge in [0.05, 0.1) is 29.7 Å². The summed E-state index contributed by atoms with van der Waals surface area (Å²) >= 11 is 1.56. The second-order valence-corrected chi connectivity index (χ2v) is 8.65. The first-order valence-electron chi connectivity index (χ1n) is 10.0. The third kappa shape index (κ3) is 5.92. The maximum absolute atomic E-state index is 12.3. The fourth-order valence-corrected chi connectivity index (χ4v) is 3.59. The van der Waals surface area contributed by atoms with E-state index in [1.165, 1.54) is 24.3 Å². The summed E-state index contributed by atoms with van der Waals surface area (Å²) in [5.74, 6) is 0.375. The van der Waals surface area contributed by atoms with E-state index >= 15 is 0 Å². The van der Waals surface area contributed by atoms with Crippen LogP contribution in [-0.2, 0) is 11.3 Å². The number of nitro benzene ring substituents is 1. The van der Waals surface area contributed by atoms with Crippen LogP contribution in [0.3, 0.4) is 0 Å². The molecule has 0 saturated carbocycles. The molecule has 0 fully saturated rings. The number of fused-ring (bicyclic) bond motifs is 1. The highest BCUT2D eigenvalue weighted by molar-refractivity contribution is 7.99. The first-order chi connectivity index (χ1) is 15.4. The Hall–Kier alpha value is -3.25. The van der Waals surface area contributed by atoms with Gasteiger partial charge in [-0.3, -0.25) is 14.9 Å². The Morgan fingerprint density at radius 2 is 2.00 bits per heavy atom. The van der Waals surface area contributed by atoms with Crippen LogP contribution >= 0.6 is 11.8 Å². The van der Waals surface area contributed by atoms with Crippen LogP contribution in [0, 0.1) is 10.1 Å². The molecule has 11 nitrogen and oxygen atoms in total. The van der Waals surface area contributed by atoms with Gasteiger partial charge in [-0.1, -0.05) is 25.6 Å². The van der Waals surface area contributed by atoms with Crippen LogP contribution in [-0.4, -0.2) is 62.6 Å². The summed E-state index contributed by atoms with van der Waals surface area (Å²) in [7, 11) is 1.64. The van der Waals surface area contributed by atoms with Gasteiger partial charge in [-0.15, -0.1) is 0 Å². The number of thioether (sulfide) groups is 1. The Balaban J connectivity index is 1.71. The summed E-state index contributed by atoms with van der Waals surface area (Å²) in [6.07, 6.45) is 1.70. The second-order valence-electron chi connectivity index (χ2n) is 7.11. The number of benzene rings is 1. The van der Waals surface area contributed by atoms with E-state index in [9.17, 15) is 14.9 Å². The third-order valence-electron chi connectivity index (χ3n) is 4.36. The molecule has 0 atom stereocenters. The van der Waals surface area contributed by atoms with E-state index in [4.69, 9.17) is 4.74 Å². The molecule has 0 aliphatic heterocycles. The molecule has 0 bridgehead atoms. The van der Waals surface area contributed by atoms with E-state index < -0.39 is 4.92 Å². The van der Waals surface area contributed by atoms with E-state index in [-0.39, 0.29) is 11.6 Å². The Morgan fingerprint density at radius 3 is 2.66 bits per heavy atom. The van der Waals surface area contributed by atoms with E-state index in [0.717, 1.165) is 5.39 Å². The molecule has 2 aromatic heterocycles. The molecule has 0 aliphatic rings. The van der Waals surface area contributed by atoms with Gasteiger partial charge >= 0.3 is 0 Å². The number of carbonyl (C=O) groups is 1. The zero-order valence-corrected chi connectivity index (χ0v) is 18.9. The molecule has 1 amide bonds. The van der Waals surface area contributed by atoms with Crippen LogP contribution in [0.15, 0.2) is 35.6 Å². The predicted molar refractivity (Wildman–Crippen MR) is 122 cm³/mol. The summed E-state index contributed by atoms with van der Waals surface area (Å²) in [6.45, 7) is 6.01. The number of carbonyl (C=O) groups excluding carboxylic acids is 1. The number of anilines is 1. The van der Waals surface area contributed by atoms with Crippen molar-refractivity contribution in [3.8, 4) is 0 Å². The molecule has 32 heavy (non-hydrogen) atoms. The highest BCUT2D eigenvalue weighted by Crippen LogP contribution is 2.26. The zero-order chi connectivity index (χ0) is 23.1. The highest BCUT2D eigenvalue weighted by Gasteiger charge is 2.15. The topological polar surface area (TPSA) is 137 Å². The van der Waals surface area contributed by atoms with E-state index in [1.54, 1.807) is 29.8 Å². The number of nitrogens with one attached hydrogen (secondary N) is 2. The number of rotatable bonds is 11. The Kier molecular flexibility index (Phi) is 7.95. The minimum Gasteiger partial charge on any atom is -0.383 e. The number of non-ortho nitro benzene ring substituents is 1. The van der Waals surface area contributed by atoms with Crippen molar-refractivity contribution >= 4 is 40.2 Å². The normalized spacial score (nSPS) is 11.1. The van der Waals surface area contributed by atoms with Crippen LogP contribution in [0.1, 0.15) is 24.2 Å². The van der Waals surface area contributed by atoms with Gasteiger partial charge in [-0.2, -0.15) is 5.10 Å².